The molecule has 1 aliphatic rings. The molecule has 1 atom stereocenters. The maximum atomic E-state index is 11.2. The summed E-state index contributed by atoms with van der Waals surface area (Å²) in [5.41, 5.74) is -0.674. The summed E-state index contributed by atoms with van der Waals surface area (Å²) < 4.78 is 11.0. The minimum Gasteiger partial charge on any atom is -0.445 e. The third kappa shape index (κ3) is 3.87. The Kier molecular flexibility index (Phi) is 4.67. The Bertz CT molecular complexity index is 238. The average molecular weight is 230 g/mol. The Balaban J connectivity index is 2.62. The molecule has 1 aliphatic heterocycles. The molecule has 0 aromatic heterocycles. The summed E-state index contributed by atoms with van der Waals surface area (Å²) in [6.07, 6.45) is 3.36. The molecular weight excluding hydrogens is 212 g/mol. The van der Waals surface area contributed by atoms with Gasteiger partial charge in [0.25, 0.3) is 0 Å². The Morgan fingerprint density at radius 2 is 2.33 bits per heavy atom. The predicted molar refractivity (Wildman–Crippen MR) is 61.8 cm³/mol. The van der Waals surface area contributed by atoms with E-state index in [2.05, 4.69) is 6.58 Å². The van der Waals surface area contributed by atoms with Crippen molar-refractivity contribution < 1.29 is 14.3 Å². The van der Waals surface area contributed by atoms with Crippen molar-refractivity contribution in [3.8, 4) is 0 Å². The van der Waals surface area contributed by atoms with Crippen LogP contribution in [0.25, 0.3) is 0 Å². The molecule has 1 heterocycles. The summed E-state index contributed by atoms with van der Waals surface area (Å²) in [4.78, 5) is 11.2. The van der Waals surface area contributed by atoms with Crippen LogP contribution in [0, 0.1) is 0 Å². The van der Waals surface area contributed by atoms with Gasteiger partial charge in [-0.15, -0.1) is 11.8 Å². The number of ether oxygens (including phenoxy) is 2. The van der Waals surface area contributed by atoms with Crippen molar-refractivity contribution in [2.24, 2.45) is 0 Å². The fourth-order valence-corrected chi connectivity index (χ4v) is 2.55. The Labute approximate surface area is 95.2 Å². The van der Waals surface area contributed by atoms with Crippen molar-refractivity contribution in [1.82, 2.24) is 0 Å². The van der Waals surface area contributed by atoms with Crippen LogP contribution >= 0.6 is 11.8 Å². The van der Waals surface area contributed by atoms with Gasteiger partial charge in [-0.05, 0) is 32.4 Å². The van der Waals surface area contributed by atoms with Crippen LogP contribution in [0.2, 0.25) is 0 Å². The molecule has 86 valence electrons. The van der Waals surface area contributed by atoms with E-state index < -0.39 is 5.60 Å². The first-order valence-corrected chi connectivity index (χ1v) is 6.20. The van der Waals surface area contributed by atoms with Crippen LogP contribution in [-0.2, 0) is 14.3 Å². The van der Waals surface area contributed by atoms with E-state index >= 15 is 0 Å². The smallest absolute Gasteiger partial charge is 0.331 e. The van der Waals surface area contributed by atoms with Crippen LogP contribution in [0.15, 0.2) is 12.7 Å². The molecule has 0 N–H and O–H groups in total. The molecular formula is C11H18O3S. The summed E-state index contributed by atoms with van der Waals surface area (Å²) in [6, 6.07) is 0. The predicted octanol–water partition coefficient (Wildman–Crippen LogP) is 2.36. The standard InChI is InChI=1S/C11H18O3S/c1-4-9(12)14-10-11(2,3)13-7-5-6-8-15-10/h4,10H,1,5-8H2,2-3H3. The lowest BCUT2D eigenvalue weighted by Crippen LogP contribution is -2.41. The minimum atomic E-state index is -0.427. The molecule has 0 spiro atoms. The first-order valence-electron chi connectivity index (χ1n) is 5.15. The van der Waals surface area contributed by atoms with Gasteiger partial charge in [-0.25, -0.2) is 4.79 Å². The molecule has 0 aromatic carbocycles. The van der Waals surface area contributed by atoms with Gasteiger partial charge in [-0.3, -0.25) is 0 Å². The highest BCUT2D eigenvalue weighted by Crippen LogP contribution is 2.30. The van der Waals surface area contributed by atoms with E-state index in [1.807, 2.05) is 13.8 Å². The molecule has 1 rings (SSSR count). The van der Waals surface area contributed by atoms with Gasteiger partial charge in [0, 0.05) is 12.7 Å². The van der Waals surface area contributed by atoms with Crippen LogP contribution in [0.5, 0.6) is 0 Å². The van der Waals surface area contributed by atoms with Crippen molar-refractivity contribution >= 4 is 17.7 Å². The highest BCUT2D eigenvalue weighted by Gasteiger charge is 2.34. The topological polar surface area (TPSA) is 35.5 Å². The molecule has 0 saturated carbocycles. The first-order chi connectivity index (χ1) is 7.06. The maximum Gasteiger partial charge on any atom is 0.331 e. The van der Waals surface area contributed by atoms with Gasteiger partial charge in [0.2, 0.25) is 0 Å². The van der Waals surface area contributed by atoms with E-state index in [0.29, 0.717) is 0 Å². The van der Waals surface area contributed by atoms with E-state index in [-0.39, 0.29) is 11.4 Å². The van der Waals surface area contributed by atoms with E-state index in [4.69, 9.17) is 9.47 Å². The number of esters is 1. The molecule has 0 aliphatic carbocycles. The normalized spacial score (nSPS) is 26.1. The first kappa shape index (κ1) is 12.6. The lowest BCUT2D eigenvalue weighted by Gasteiger charge is -2.34. The SMILES string of the molecule is C=CC(=O)OC1SCCCCOC1(C)C. The summed E-state index contributed by atoms with van der Waals surface area (Å²) in [5, 5.41) is 0. The number of carbonyl (C=O) groups excluding carboxylic acids is 1. The fourth-order valence-electron chi connectivity index (χ4n) is 1.33. The zero-order valence-corrected chi connectivity index (χ0v) is 10.1. The molecule has 0 bridgehead atoms. The molecule has 1 fully saturated rings. The molecule has 1 unspecified atom stereocenters. The molecule has 3 nitrogen and oxygen atoms in total. The number of thioether (sulfide) groups is 1. The Morgan fingerprint density at radius 1 is 1.60 bits per heavy atom. The highest BCUT2D eigenvalue weighted by molar-refractivity contribution is 7.99. The van der Waals surface area contributed by atoms with Crippen LogP contribution in [0.4, 0.5) is 0 Å². The second-order valence-corrected chi connectivity index (χ2v) is 5.17. The number of carbonyl (C=O) groups is 1. The summed E-state index contributed by atoms with van der Waals surface area (Å²) in [6.45, 7) is 8.02. The van der Waals surface area contributed by atoms with Gasteiger partial charge in [0.05, 0.1) is 0 Å². The molecule has 0 radical (unpaired) electrons. The van der Waals surface area contributed by atoms with Gasteiger partial charge in [0.1, 0.15) is 5.60 Å². The van der Waals surface area contributed by atoms with E-state index in [9.17, 15) is 4.79 Å². The van der Waals surface area contributed by atoms with Gasteiger partial charge in [0.15, 0.2) is 5.44 Å². The van der Waals surface area contributed by atoms with Crippen LogP contribution in [0.1, 0.15) is 26.7 Å². The second-order valence-electron chi connectivity index (χ2n) is 4.00. The molecule has 0 amide bonds. The summed E-state index contributed by atoms with van der Waals surface area (Å²) >= 11 is 1.63. The molecule has 4 heteroatoms. The second kappa shape index (κ2) is 5.56. The van der Waals surface area contributed by atoms with E-state index in [1.54, 1.807) is 11.8 Å². The zero-order chi connectivity index (χ0) is 11.3. The highest BCUT2D eigenvalue weighted by atomic mass is 32.2. The third-order valence-corrected chi connectivity index (χ3v) is 3.73. The molecule has 15 heavy (non-hydrogen) atoms. The van der Waals surface area contributed by atoms with E-state index in [1.165, 1.54) is 6.08 Å². The summed E-state index contributed by atoms with van der Waals surface area (Å²) in [5.74, 6) is 0.617. The largest absolute Gasteiger partial charge is 0.445 e. The molecule has 0 aromatic rings. The lowest BCUT2D eigenvalue weighted by atomic mass is 10.1. The minimum absolute atomic E-state index is 0.247. The van der Waals surface area contributed by atoms with E-state index in [0.717, 1.165) is 25.2 Å². The fraction of sp³-hybridized carbons (Fsp3) is 0.727. The zero-order valence-electron chi connectivity index (χ0n) is 9.32. The van der Waals surface area contributed by atoms with Crippen LogP contribution in [-0.4, -0.2) is 29.4 Å². The number of hydrogen-bond donors (Lipinski definition) is 0. The van der Waals surface area contributed by atoms with Gasteiger partial charge >= 0.3 is 5.97 Å². The molecule has 1 saturated heterocycles. The van der Waals surface area contributed by atoms with Gasteiger partial charge < -0.3 is 9.47 Å². The Hall–Kier alpha value is -0.480. The lowest BCUT2D eigenvalue weighted by molar-refractivity contribution is -0.151. The van der Waals surface area contributed by atoms with Crippen molar-refractivity contribution in [3.05, 3.63) is 12.7 Å². The quantitative estimate of drug-likeness (QED) is 0.539. The van der Waals surface area contributed by atoms with Gasteiger partial charge in [-0.1, -0.05) is 6.58 Å². The third-order valence-electron chi connectivity index (χ3n) is 2.24. The van der Waals surface area contributed by atoms with Crippen molar-refractivity contribution in [2.75, 3.05) is 12.4 Å². The summed E-state index contributed by atoms with van der Waals surface area (Å²) in [7, 11) is 0. The number of hydrogen-bond acceptors (Lipinski definition) is 4. The van der Waals surface area contributed by atoms with Crippen LogP contribution < -0.4 is 0 Å². The maximum absolute atomic E-state index is 11.2. The Morgan fingerprint density at radius 3 is 3.00 bits per heavy atom. The number of rotatable bonds is 2. The average Bonchev–Trinajstić information content (AvgIpc) is 2.18. The monoisotopic (exact) mass is 230 g/mol. The van der Waals surface area contributed by atoms with Crippen molar-refractivity contribution in [1.29, 1.82) is 0 Å². The van der Waals surface area contributed by atoms with Crippen molar-refractivity contribution in [3.63, 3.8) is 0 Å². The van der Waals surface area contributed by atoms with Gasteiger partial charge in [-0.2, -0.15) is 0 Å². The van der Waals surface area contributed by atoms with Crippen LogP contribution in [0.3, 0.4) is 0 Å². The van der Waals surface area contributed by atoms with Crippen molar-refractivity contribution in [2.45, 2.75) is 37.7 Å².